The lowest BCUT2D eigenvalue weighted by molar-refractivity contribution is -0.159. The maximum Gasteiger partial charge on any atom is 0.330 e. The van der Waals surface area contributed by atoms with Gasteiger partial charge >= 0.3 is 17.9 Å². The highest BCUT2D eigenvalue weighted by atomic mass is 16.6. The van der Waals surface area contributed by atoms with Crippen molar-refractivity contribution in [3.63, 3.8) is 0 Å². The smallest absolute Gasteiger partial charge is 0.330 e. The molecule has 0 fully saturated rings. The molecule has 0 aliphatic rings. The molecule has 0 saturated carbocycles. The number of nitrogens with one attached hydrogen (secondary N) is 2. The predicted molar refractivity (Wildman–Crippen MR) is 89.8 cm³/mol. The molecule has 0 heterocycles. The molecule has 0 radical (unpaired) electrons. The van der Waals surface area contributed by atoms with Gasteiger partial charge in [0.25, 0.3) is 0 Å². The minimum Gasteiger partial charge on any atom is -0.462 e. The lowest BCUT2D eigenvalue weighted by Crippen LogP contribution is -2.42. The van der Waals surface area contributed by atoms with Crippen LogP contribution in [0.5, 0.6) is 0 Å². The van der Waals surface area contributed by atoms with Crippen molar-refractivity contribution in [1.82, 2.24) is 0 Å². The molecular weight excluding hydrogens is 364 g/mol. The van der Waals surface area contributed by atoms with Crippen molar-refractivity contribution in [3.05, 3.63) is 38.0 Å². The van der Waals surface area contributed by atoms with E-state index in [-0.39, 0.29) is 19.8 Å². The van der Waals surface area contributed by atoms with Crippen LogP contribution in [-0.2, 0) is 38.2 Å². The van der Waals surface area contributed by atoms with Gasteiger partial charge in [-0.2, -0.15) is 0 Å². The molecule has 0 bridgehead atoms. The maximum atomic E-state index is 11.1. The van der Waals surface area contributed by atoms with Crippen LogP contribution in [0.3, 0.4) is 0 Å². The highest BCUT2D eigenvalue weighted by Gasteiger charge is 2.35. The van der Waals surface area contributed by atoms with E-state index in [1.807, 2.05) is 0 Å². The Balaban J connectivity index is -0.000000840. The summed E-state index contributed by atoms with van der Waals surface area (Å²) in [5.41, 5.74) is -1.28. The Kier molecular flexibility index (Phi) is 19.5. The van der Waals surface area contributed by atoms with Gasteiger partial charge in [-0.25, -0.2) is 34.8 Å². The van der Waals surface area contributed by atoms with Crippen LogP contribution in [0.15, 0.2) is 38.0 Å². The molecule has 0 aromatic carbocycles. The van der Waals surface area contributed by atoms with E-state index in [1.54, 1.807) is 0 Å². The molecule has 0 aromatic heterocycles. The SMILES string of the molecule is C=CC(=O)OCC(CO)(COC(=O)C=C)COC(=O)C=C.N=C=O.N=C=O. The Hall–Kier alpha value is -3.65. The number of carbonyl (C=O) groups excluding carboxylic acids is 5. The van der Waals surface area contributed by atoms with Gasteiger partial charge < -0.3 is 19.3 Å². The number of aliphatic hydroxyl groups excluding tert-OH is 1. The van der Waals surface area contributed by atoms with E-state index >= 15 is 0 Å². The van der Waals surface area contributed by atoms with Gasteiger partial charge in [-0.05, 0) is 0 Å². The summed E-state index contributed by atoms with van der Waals surface area (Å²) in [7, 11) is 0. The van der Waals surface area contributed by atoms with Crippen molar-refractivity contribution in [2.75, 3.05) is 26.4 Å². The maximum absolute atomic E-state index is 11.1. The molecule has 0 unspecified atom stereocenters. The number of carbonyl (C=O) groups is 3. The molecule has 0 saturated heterocycles. The third kappa shape index (κ3) is 17.0. The van der Waals surface area contributed by atoms with Crippen LogP contribution >= 0.6 is 0 Å². The summed E-state index contributed by atoms with van der Waals surface area (Å²) in [6, 6.07) is 0. The Morgan fingerprint density at radius 3 is 1.19 bits per heavy atom. The van der Waals surface area contributed by atoms with Gasteiger partial charge in [-0.1, -0.05) is 19.7 Å². The summed E-state index contributed by atoms with van der Waals surface area (Å²) in [5, 5.41) is 20.3. The quantitative estimate of drug-likeness (QED) is 0.153. The average Bonchev–Trinajstić information content (AvgIpc) is 2.68. The van der Waals surface area contributed by atoms with E-state index in [0.717, 1.165) is 30.4 Å². The highest BCUT2D eigenvalue weighted by molar-refractivity contribution is 5.82. The van der Waals surface area contributed by atoms with Crippen LogP contribution in [0.25, 0.3) is 0 Å². The Bertz CT molecular complexity index is 515. The van der Waals surface area contributed by atoms with E-state index in [0.29, 0.717) is 0 Å². The molecule has 3 N–H and O–H groups in total. The zero-order chi connectivity index (χ0) is 21.7. The molecule has 148 valence electrons. The van der Waals surface area contributed by atoms with Crippen molar-refractivity contribution in [3.8, 4) is 0 Å². The summed E-state index contributed by atoms with van der Waals surface area (Å²) in [6.07, 6.45) is 4.31. The van der Waals surface area contributed by atoms with Crippen molar-refractivity contribution >= 4 is 30.1 Å². The van der Waals surface area contributed by atoms with Crippen LogP contribution in [-0.4, -0.2) is 61.6 Å². The van der Waals surface area contributed by atoms with E-state index < -0.39 is 29.9 Å². The van der Waals surface area contributed by atoms with E-state index in [4.69, 9.17) is 34.6 Å². The first-order valence-electron chi connectivity index (χ1n) is 6.82. The summed E-state index contributed by atoms with van der Waals surface area (Å²) >= 11 is 0. The number of rotatable bonds is 10. The van der Waals surface area contributed by atoms with E-state index in [2.05, 4.69) is 19.7 Å². The highest BCUT2D eigenvalue weighted by Crippen LogP contribution is 2.19. The third-order valence-corrected chi connectivity index (χ3v) is 2.40. The van der Waals surface area contributed by atoms with Crippen LogP contribution in [0, 0.1) is 16.2 Å². The van der Waals surface area contributed by atoms with Crippen molar-refractivity contribution in [2.24, 2.45) is 5.41 Å². The van der Waals surface area contributed by atoms with E-state index in [9.17, 15) is 19.5 Å². The van der Waals surface area contributed by atoms with E-state index in [1.165, 1.54) is 0 Å². The van der Waals surface area contributed by atoms with Gasteiger partial charge in [-0.15, -0.1) is 0 Å². The van der Waals surface area contributed by atoms with Crippen LogP contribution in [0.2, 0.25) is 0 Å². The van der Waals surface area contributed by atoms with Gasteiger partial charge in [0.15, 0.2) is 0 Å². The number of isocyanates is 2. The minimum atomic E-state index is -1.28. The van der Waals surface area contributed by atoms with Gasteiger partial charge in [-0.3, -0.25) is 0 Å². The van der Waals surface area contributed by atoms with Crippen molar-refractivity contribution in [1.29, 1.82) is 10.8 Å². The molecule has 11 nitrogen and oxygen atoms in total. The second kappa shape index (κ2) is 18.7. The average molecular weight is 384 g/mol. The minimum absolute atomic E-state index is 0.330. The third-order valence-electron chi connectivity index (χ3n) is 2.40. The molecule has 0 aliphatic heterocycles. The topological polar surface area (TPSA) is 181 Å². The number of ether oxygens (including phenoxy) is 3. The van der Waals surface area contributed by atoms with Gasteiger partial charge in [0, 0.05) is 18.2 Å². The van der Waals surface area contributed by atoms with Gasteiger partial charge in [0.05, 0.1) is 12.0 Å². The predicted octanol–water partition coefficient (Wildman–Crippen LogP) is -0.0454. The first-order chi connectivity index (χ1) is 12.8. The Labute approximate surface area is 154 Å². The second-order valence-electron chi connectivity index (χ2n) is 4.30. The standard InChI is InChI=1S/C14H18O7.2CHNO/c1-4-11(16)19-8-14(7-15,9-20-12(17)5-2)10-21-13(18)6-3;2*2-1-3/h4-6,15H,1-3,7-10H2;2*2H. The molecule has 0 amide bonds. The molecule has 0 aromatic rings. The second-order valence-corrected chi connectivity index (χ2v) is 4.30. The van der Waals surface area contributed by atoms with Crippen molar-refractivity contribution < 1.29 is 43.3 Å². The first-order valence-corrected chi connectivity index (χ1v) is 6.82. The fourth-order valence-electron chi connectivity index (χ4n) is 1.11. The summed E-state index contributed by atoms with van der Waals surface area (Å²) in [4.78, 5) is 50.0. The van der Waals surface area contributed by atoms with Gasteiger partial charge in [0.2, 0.25) is 12.2 Å². The monoisotopic (exact) mass is 384 g/mol. The number of hydrogen-bond donors (Lipinski definition) is 3. The van der Waals surface area contributed by atoms with Crippen LogP contribution in [0.1, 0.15) is 0 Å². The molecular formula is C16H20N2O9. The van der Waals surface area contributed by atoms with Crippen molar-refractivity contribution in [2.45, 2.75) is 0 Å². The van der Waals surface area contributed by atoms with Gasteiger partial charge in [0.1, 0.15) is 19.8 Å². The fraction of sp³-hybridized carbons (Fsp3) is 0.312. The summed E-state index contributed by atoms with van der Waals surface area (Å²) in [5.74, 6) is -2.17. The number of hydrogen-bond acceptors (Lipinski definition) is 11. The Morgan fingerprint density at radius 1 is 0.815 bits per heavy atom. The summed E-state index contributed by atoms with van der Waals surface area (Å²) < 4.78 is 14.5. The number of aliphatic hydroxyl groups is 1. The van der Waals surface area contributed by atoms with Crippen LogP contribution < -0.4 is 0 Å². The molecule has 0 spiro atoms. The first kappa shape index (κ1) is 28.2. The fourth-order valence-corrected chi connectivity index (χ4v) is 1.11. The zero-order valence-electron chi connectivity index (χ0n) is 14.4. The zero-order valence-corrected chi connectivity index (χ0v) is 14.4. The lowest BCUT2D eigenvalue weighted by Gasteiger charge is -2.29. The number of esters is 3. The molecule has 27 heavy (non-hydrogen) atoms. The van der Waals surface area contributed by atoms with Crippen LogP contribution in [0.4, 0.5) is 0 Å². The largest absolute Gasteiger partial charge is 0.462 e. The normalized spacial score (nSPS) is 8.48. The summed E-state index contributed by atoms with van der Waals surface area (Å²) in [6.45, 7) is 8.14. The molecule has 11 heteroatoms. The Morgan fingerprint density at radius 2 is 1.04 bits per heavy atom. The molecule has 0 aliphatic carbocycles. The molecule has 0 atom stereocenters. The molecule has 0 rings (SSSR count). The lowest BCUT2D eigenvalue weighted by atomic mass is 9.92.